The van der Waals surface area contributed by atoms with Gasteiger partial charge in [0, 0.05) is 19.1 Å². The molecule has 1 rings (SSSR count). The first kappa shape index (κ1) is 14.9. The number of rotatable bonds is 6. The molecule has 0 aliphatic carbocycles. The van der Waals surface area contributed by atoms with Crippen LogP contribution in [-0.4, -0.2) is 53.2 Å². The van der Waals surface area contributed by atoms with Crippen LogP contribution in [0.3, 0.4) is 0 Å². The van der Waals surface area contributed by atoms with E-state index in [1.54, 1.807) is 11.8 Å². The van der Waals surface area contributed by atoms with E-state index in [2.05, 4.69) is 0 Å². The lowest BCUT2D eigenvalue weighted by Gasteiger charge is -2.29. The third-order valence-corrected chi connectivity index (χ3v) is 3.27. The monoisotopic (exact) mass is 258 g/mol. The average Bonchev–Trinajstić information content (AvgIpc) is 2.77. The normalized spacial score (nSPS) is 24.8. The molecule has 1 aliphatic heterocycles. The Hall–Kier alpha value is -1.14. The number of amides is 1. The summed E-state index contributed by atoms with van der Waals surface area (Å²) in [4.78, 5) is 24.5. The molecule has 6 heteroatoms. The molecule has 1 amide bonds. The molecule has 3 atom stereocenters. The molecule has 104 valence electrons. The molecule has 0 bridgehead atoms. The third-order valence-electron chi connectivity index (χ3n) is 3.27. The van der Waals surface area contributed by atoms with Crippen LogP contribution >= 0.6 is 0 Å². The zero-order chi connectivity index (χ0) is 13.7. The van der Waals surface area contributed by atoms with Crippen LogP contribution in [0.25, 0.3) is 0 Å². The lowest BCUT2D eigenvalue weighted by molar-refractivity contribution is -0.146. The van der Waals surface area contributed by atoms with E-state index >= 15 is 0 Å². The van der Waals surface area contributed by atoms with E-state index in [0.717, 1.165) is 6.42 Å². The molecule has 0 spiro atoms. The summed E-state index contributed by atoms with van der Waals surface area (Å²) in [6.45, 7) is 4.48. The number of carbonyl (C=O) groups excluding carboxylic acids is 1. The molecule has 6 nitrogen and oxygen atoms in total. The first-order valence-electron chi connectivity index (χ1n) is 6.37. The maximum Gasteiger partial charge on any atom is 0.305 e. The molecule has 3 unspecified atom stereocenters. The summed E-state index contributed by atoms with van der Waals surface area (Å²) < 4.78 is 5.55. The number of nitrogens with two attached hydrogens (primary N) is 1. The van der Waals surface area contributed by atoms with Crippen molar-refractivity contribution < 1.29 is 19.4 Å². The third kappa shape index (κ3) is 3.68. The van der Waals surface area contributed by atoms with Crippen molar-refractivity contribution in [2.75, 3.05) is 13.1 Å². The Labute approximate surface area is 107 Å². The van der Waals surface area contributed by atoms with Gasteiger partial charge < -0.3 is 20.5 Å². The van der Waals surface area contributed by atoms with Crippen LogP contribution in [0.15, 0.2) is 0 Å². The number of carboxylic acid groups (broad SMARTS) is 1. The Morgan fingerprint density at radius 1 is 1.50 bits per heavy atom. The van der Waals surface area contributed by atoms with Gasteiger partial charge in [-0.25, -0.2) is 0 Å². The van der Waals surface area contributed by atoms with Gasteiger partial charge in [0.2, 0.25) is 0 Å². The van der Waals surface area contributed by atoms with Gasteiger partial charge in [0.15, 0.2) is 0 Å². The number of aliphatic carboxylic acids is 1. The minimum absolute atomic E-state index is 0.0487. The standard InChI is InChI=1S/C12H22N2O4/c1-3-14(8(2)6-11(15)16)12(17)10-5-4-9(7-13)18-10/h8-10H,3-7,13H2,1-2H3,(H,15,16). The number of carboxylic acids is 1. The molecule has 1 fully saturated rings. The van der Waals surface area contributed by atoms with Gasteiger partial charge in [-0.2, -0.15) is 0 Å². The predicted molar refractivity (Wildman–Crippen MR) is 66.1 cm³/mol. The van der Waals surface area contributed by atoms with Gasteiger partial charge in [-0.1, -0.05) is 0 Å². The summed E-state index contributed by atoms with van der Waals surface area (Å²) >= 11 is 0. The first-order valence-corrected chi connectivity index (χ1v) is 6.37. The van der Waals surface area contributed by atoms with Crippen molar-refractivity contribution in [3.8, 4) is 0 Å². The molecule has 0 aromatic heterocycles. The van der Waals surface area contributed by atoms with Crippen LogP contribution in [0.1, 0.15) is 33.1 Å². The van der Waals surface area contributed by atoms with Gasteiger partial charge in [-0.3, -0.25) is 9.59 Å². The van der Waals surface area contributed by atoms with Crippen LogP contribution in [0, 0.1) is 0 Å². The number of hydrogen-bond donors (Lipinski definition) is 2. The maximum absolute atomic E-state index is 12.2. The molecule has 0 radical (unpaired) electrons. The molecule has 0 aromatic rings. The lowest BCUT2D eigenvalue weighted by Crippen LogP contribution is -2.45. The zero-order valence-electron chi connectivity index (χ0n) is 11.0. The summed E-state index contributed by atoms with van der Waals surface area (Å²) in [5.41, 5.74) is 5.50. The average molecular weight is 258 g/mol. The minimum Gasteiger partial charge on any atom is -0.481 e. The summed E-state index contributed by atoms with van der Waals surface area (Å²) in [5.74, 6) is -1.02. The van der Waals surface area contributed by atoms with Gasteiger partial charge >= 0.3 is 5.97 Å². The van der Waals surface area contributed by atoms with Gasteiger partial charge in [-0.15, -0.1) is 0 Å². The van der Waals surface area contributed by atoms with Crippen LogP contribution in [0.2, 0.25) is 0 Å². The smallest absolute Gasteiger partial charge is 0.305 e. The largest absolute Gasteiger partial charge is 0.481 e. The van der Waals surface area contributed by atoms with Crippen molar-refractivity contribution in [1.82, 2.24) is 4.90 Å². The highest BCUT2D eigenvalue weighted by Crippen LogP contribution is 2.21. The number of likely N-dealkylation sites (N-methyl/N-ethyl adjacent to an activating group) is 1. The second-order valence-electron chi connectivity index (χ2n) is 4.63. The van der Waals surface area contributed by atoms with Crippen molar-refractivity contribution in [2.24, 2.45) is 5.73 Å². The molecule has 1 saturated heterocycles. The quantitative estimate of drug-likeness (QED) is 0.710. The number of ether oxygens (including phenoxy) is 1. The van der Waals surface area contributed by atoms with Crippen LogP contribution in [0.4, 0.5) is 0 Å². The Kier molecular flexibility index (Phi) is 5.55. The number of nitrogens with zero attached hydrogens (tertiary/aromatic N) is 1. The van der Waals surface area contributed by atoms with E-state index in [-0.39, 0.29) is 24.5 Å². The fraction of sp³-hybridized carbons (Fsp3) is 0.833. The van der Waals surface area contributed by atoms with Gasteiger partial charge in [0.05, 0.1) is 12.5 Å². The van der Waals surface area contributed by atoms with E-state index in [0.29, 0.717) is 19.5 Å². The molecular formula is C12H22N2O4. The van der Waals surface area contributed by atoms with Gasteiger partial charge in [0.25, 0.3) is 5.91 Å². The Balaban J connectivity index is 2.59. The summed E-state index contributed by atoms with van der Waals surface area (Å²) in [7, 11) is 0. The Morgan fingerprint density at radius 2 is 2.17 bits per heavy atom. The molecule has 1 aliphatic rings. The summed E-state index contributed by atoms with van der Waals surface area (Å²) in [6.07, 6.45) is 0.892. The summed E-state index contributed by atoms with van der Waals surface area (Å²) in [5, 5.41) is 8.77. The van der Waals surface area contributed by atoms with Crippen LogP contribution in [0.5, 0.6) is 0 Å². The Morgan fingerprint density at radius 3 is 2.61 bits per heavy atom. The van der Waals surface area contributed by atoms with Crippen molar-refractivity contribution in [2.45, 2.75) is 51.4 Å². The molecule has 0 saturated carbocycles. The van der Waals surface area contributed by atoms with E-state index in [1.807, 2.05) is 6.92 Å². The van der Waals surface area contributed by atoms with Crippen molar-refractivity contribution in [3.63, 3.8) is 0 Å². The van der Waals surface area contributed by atoms with E-state index < -0.39 is 12.1 Å². The van der Waals surface area contributed by atoms with Crippen molar-refractivity contribution >= 4 is 11.9 Å². The molecule has 18 heavy (non-hydrogen) atoms. The lowest BCUT2D eigenvalue weighted by atomic mass is 10.1. The molecule has 0 aromatic carbocycles. The highest BCUT2D eigenvalue weighted by molar-refractivity contribution is 5.82. The van der Waals surface area contributed by atoms with Gasteiger partial charge in [-0.05, 0) is 26.7 Å². The van der Waals surface area contributed by atoms with E-state index in [4.69, 9.17) is 15.6 Å². The first-order chi connectivity index (χ1) is 8.49. The van der Waals surface area contributed by atoms with Crippen molar-refractivity contribution in [3.05, 3.63) is 0 Å². The Bertz CT molecular complexity index is 308. The van der Waals surface area contributed by atoms with Crippen LogP contribution < -0.4 is 5.73 Å². The molecule has 3 N–H and O–H groups in total. The second-order valence-corrected chi connectivity index (χ2v) is 4.63. The fourth-order valence-electron chi connectivity index (χ4n) is 2.29. The zero-order valence-corrected chi connectivity index (χ0v) is 11.0. The predicted octanol–water partition coefficient (Wildman–Crippen LogP) is 0.204. The maximum atomic E-state index is 12.2. The highest BCUT2D eigenvalue weighted by Gasteiger charge is 2.34. The summed E-state index contributed by atoms with van der Waals surface area (Å²) in [6, 6.07) is -0.319. The number of carbonyl (C=O) groups is 2. The second kappa shape index (κ2) is 6.70. The van der Waals surface area contributed by atoms with Crippen molar-refractivity contribution in [1.29, 1.82) is 0 Å². The fourth-order valence-corrected chi connectivity index (χ4v) is 2.29. The van der Waals surface area contributed by atoms with E-state index in [9.17, 15) is 9.59 Å². The molecule has 1 heterocycles. The topological polar surface area (TPSA) is 92.9 Å². The van der Waals surface area contributed by atoms with Gasteiger partial charge in [0.1, 0.15) is 6.10 Å². The molecular weight excluding hydrogens is 236 g/mol. The highest BCUT2D eigenvalue weighted by atomic mass is 16.5. The number of hydrogen-bond acceptors (Lipinski definition) is 4. The van der Waals surface area contributed by atoms with Crippen LogP contribution in [-0.2, 0) is 14.3 Å². The van der Waals surface area contributed by atoms with E-state index in [1.165, 1.54) is 0 Å². The minimum atomic E-state index is -0.902. The SMILES string of the molecule is CCN(C(=O)C1CCC(CN)O1)C(C)CC(=O)O.